The second-order valence-electron chi connectivity index (χ2n) is 3.67. The van der Waals surface area contributed by atoms with Crippen molar-refractivity contribution in [1.29, 1.82) is 0 Å². The summed E-state index contributed by atoms with van der Waals surface area (Å²) in [6.45, 7) is 5.81. The van der Waals surface area contributed by atoms with E-state index in [1.165, 1.54) is 25.7 Å². The molecule has 1 fully saturated rings. The summed E-state index contributed by atoms with van der Waals surface area (Å²) in [5, 5.41) is 0. The molecular formula is C10H20O2. The average molecular weight is 172 g/mol. The first-order chi connectivity index (χ1) is 5.84. The van der Waals surface area contributed by atoms with E-state index in [1.807, 2.05) is 0 Å². The Hall–Kier alpha value is -0.0800. The summed E-state index contributed by atoms with van der Waals surface area (Å²) in [4.78, 5) is 0. The van der Waals surface area contributed by atoms with Crippen LogP contribution in [-0.2, 0) is 9.47 Å². The normalized spacial score (nSPS) is 30.5. The fourth-order valence-corrected chi connectivity index (χ4v) is 1.60. The quantitative estimate of drug-likeness (QED) is 0.607. The highest BCUT2D eigenvalue weighted by Crippen LogP contribution is 2.19. The smallest absolute Gasteiger partial charge is 0.147 e. The lowest BCUT2D eigenvalue weighted by Gasteiger charge is -2.29. The van der Waals surface area contributed by atoms with Gasteiger partial charge in [0, 0.05) is 5.92 Å². The van der Waals surface area contributed by atoms with Gasteiger partial charge in [0.2, 0.25) is 0 Å². The maximum atomic E-state index is 5.51. The monoisotopic (exact) mass is 172 g/mol. The molecule has 1 aliphatic rings. The molecule has 0 spiro atoms. The summed E-state index contributed by atoms with van der Waals surface area (Å²) in [7, 11) is 0. The maximum Gasteiger partial charge on any atom is 0.147 e. The van der Waals surface area contributed by atoms with Crippen molar-refractivity contribution in [2.24, 2.45) is 5.92 Å². The maximum absolute atomic E-state index is 5.51. The third kappa shape index (κ3) is 3.11. The molecule has 2 nitrogen and oxygen atoms in total. The molecule has 1 rings (SSSR count). The zero-order valence-corrected chi connectivity index (χ0v) is 8.21. The van der Waals surface area contributed by atoms with E-state index in [4.69, 9.17) is 9.47 Å². The number of hydrogen-bond acceptors (Lipinski definition) is 2. The second-order valence-corrected chi connectivity index (χ2v) is 3.67. The van der Waals surface area contributed by atoms with E-state index in [-0.39, 0.29) is 0 Å². The average Bonchev–Trinajstić information content (AvgIpc) is 2.09. The number of ether oxygens (including phenoxy) is 2. The summed E-state index contributed by atoms with van der Waals surface area (Å²) in [6.07, 6.45) is 5.57. The number of unbranched alkanes of at least 4 members (excludes halogenated alkanes) is 2. The van der Waals surface area contributed by atoms with Gasteiger partial charge in [-0.05, 0) is 6.42 Å². The first-order valence-corrected chi connectivity index (χ1v) is 5.04. The molecule has 0 aromatic rings. The lowest BCUT2D eigenvalue weighted by molar-refractivity contribution is -0.167. The minimum Gasteiger partial charge on any atom is -0.355 e. The highest BCUT2D eigenvalue weighted by Gasteiger charge is 2.21. The van der Waals surface area contributed by atoms with E-state index in [9.17, 15) is 0 Å². The lowest BCUT2D eigenvalue weighted by atomic mass is 9.99. The first kappa shape index (κ1) is 10.0. The standard InChI is InChI=1S/C10H20O2/c1-3-4-5-6-10-9(2)7-11-8-12-10/h9-10H,3-8H2,1-2H3. The zero-order chi connectivity index (χ0) is 8.81. The fourth-order valence-electron chi connectivity index (χ4n) is 1.60. The van der Waals surface area contributed by atoms with Crippen molar-refractivity contribution >= 4 is 0 Å². The van der Waals surface area contributed by atoms with Crippen molar-refractivity contribution in [2.75, 3.05) is 13.4 Å². The van der Waals surface area contributed by atoms with E-state index >= 15 is 0 Å². The van der Waals surface area contributed by atoms with E-state index in [1.54, 1.807) is 0 Å². The Labute approximate surface area is 75.2 Å². The molecule has 1 heterocycles. The number of hydrogen-bond donors (Lipinski definition) is 0. The molecule has 2 unspecified atom stereocenters. The van der Waals surface area contributed by atoms with Crippen LogP contribution >= 0.6 is 0 Å². The van der Waals surface area contributed by atoms with Gasteiger partial charge in [0.1, 0.15) is 6.79 Å². The summed E-state index contributed by atoms with van der Waals surface area (Å²) in [6, 6.07) is 0. The van der Waals surface area contributed by atoms with Crippen LogP contribution in [0.4, 0.5) is 0 Å². The van der Waals surface area contributed by atoms with Crippen LogP contribution in [0.3, 0.4) is 0 Å². The highest BCUT2D eigenvalue weighted by atomic mass is 16.7. The minimum atomic E-state index is 0.449. The molecule has 2 heteroatoms. The third-order valence-electron chi connectivity index (χ3n) is 2.47. The molecule has 0 bridgehead atoms. The van der Waals surface area contributed by atoms with Crippen LogP contribution in [0.2, 0.25) is 0 Å². The molecule has 0 radical (unpaired) electrons. The van der Waals surface area contributed by atoms with Gasteiger partial charge in [-0.3, -0.25) is 0 Å². The van der Waals surface area contributed by atoms with Crippen molar-refractivity contribution in [3.63, 3.8) is 0 Å². The predicted molar refractivity (Wildman–Crippen MR) is 49.0 cm³/mol. The van der Waals surface area contributed by atoms with Crippen molar-refractivity contribution in [3.8, 4) is 0 Å². The van der Waals surface area contributed by atoms with Crippen molar-refractivity contribution in [3.05, 3.63) is 0 Å². The Morgan fingerprint density at radius 3 is 2.83 bits per heavy atom. The molecule has 0 N–H and O–H groups in total. The van der Waals surface area contributed by atoms with Crippen LogP contribution < -0.4 is 0 Å². The van der Waals surface area contributed by atoms with Gasteiger partial charge in [-0.2, -0.15) is 0 Å². The van der Waals surface area contributed by atoms with Gasteiger partial charge in [0.05, 0.1) is 12.7 Å². The molecule has 1 saturated heterocycles. The molecular weight excluding hydrogens is 152 g/mol. The molecule has 0 saturated carbocycles. The Balaban J connectivity index is 2.11. The Kier molecular flexibility index (Phi) is 4.62. The van der Waals surface area contributed by atoms with Crippen LogP contribution in [0.25, 0.3) is 0 Å². The molecule has 72 valence electrons. The number of rotatable bonds is 4. The largest absolute Gasteiger partial charge is 0.355 e. The van der Waals surface area contributed by atoms with Crippen LogP contribution in [0, 0.1) is 5.92 Å². The van der Waals surface area contributed by atoms with E-state index < -0.39 is 0 Å². The zero-order valence-electron chi connectivity index (χ0n) is 8.21. The predicted octanol–water partition coefficient (Wildman–Crippen LogP) is 2.58. The van der Waals surface area contributed by atoms with Gasteiger partial charge < -0.3 is 9.47 Å². The Bertz CT molecular complexity index is 114. The van der Waals surface area contributed by atoms with Gasteiger partial charge in [-0.1, -0.05) is 33.1 Å². The van der Waals surface area contributed by atoms with Crippen LogP contribution in [0.1, 0.15) is 39.5 Å². The van der Waals surface area contributed by atoms with E-state index in [2.05, 4.69) is 13.8 Å². The topological polar surface area (TPSA) is 18.5 Å². The van der Waals surface area contributed by atoms with E-state index in [0.717, 1.165) is 6.61 Å². The molecule has 0 aromatic carbocycles. The van der Waals surface area contributed by atoms with Gasteiger partial charge in [0.15, 0.2) is 0 Å². The van der Waals surface area contributed by atoms with Crippen molar-refractivity contribution in [1.82, 2.24) is 0 Å². The molecule has 0 aliphatic carbocycles. The minimum absolute atomic E-state index is 0.449. The van der Waals surface area contributed by atoms with E-state index in [0.29, 0.717) is 18.8 Å². The van der Waals surface area contributed by atoms with Crippen LogP contribution in [0.5, 0.6) is 0 Å². The first-order valence-electron chi connectivity index (χ1n) is 5.04. The highest BCUT2D eigenvalue weighted by molar-refractivity contribution is 4.68. The molecule has 12 heavy (non-hydrogen) atoms. The summed E-state index contributed by atoms with van der Waals surface area (Å²) >= 11 is 0. The molecule has 2 atom stereocenters. The van der Waals surface area contributed by atoms with Crippen molar-refractivity contribution < 1.29 is 9.47 Å². The molecule has 1 aliphatic heterocycles. The van der Waals surface area contributed by atoms with Gasteiger partial charge in [0.25, 0.3) is 0 Å². The van der Waals surface area contributed by atoms with Crippen LogP contribution in [-0.4, -0.2) is 19.5 Å². The van der Waals surface area contributed by atoms with Gasteiger partial charge in [-0.15, -0.1) is 0 Å². The summed E-state index contributed by atoms with van der Waals surface area (Å²) in [5.41, 5.74) is 0. The third-order valence-corrected chi connectivity index (χ3v) is 2.47. The fraction of sp³-hybridized carbons (Fsp3) is 1.00. The Morgan fingerprint density at radius 1 is 1.33 bits per heavy atom. The SMILES string of the molecule is CCCCCC1OCOCC1C. The summed E-state index contributed by atoms with van der Waals surface area (Å²) < 4.78 is 10.7. The lowest BCUT2D eigenvalue weighted by Crippen LogP contribution is -2.32. The molecule has 0 aromatic heterocycles. The van der Waals surface area contributed by atoms with Gasteiger partial charge in [-0.25, -0.2) is 0 Å². The van der Waals surface area contributed by atoms with Crippen molar-refractivity contribution in [2.45, 2.75) is 45.6 Å². The van der Waals surface area contributed by atoms with Gasteiger partial charge >= 0.3 is 0 Å². The second kappa shape index (κ2) is 5.55. The molecule has 0 amide bonds. The van der Waals surface area contributed by atoms with Crippen LogP contribution in [0.15, 0.2) is 0 Å². The summed E-state index contributed by atoms with van der Waals surface area (Å²) in [5.74, 6) is 0.579. The Morgan fingerprint density at radius 2 is 2.17 bits per heavy atom.